The van der Waals surface area contributed by atoms with Crippen LogP contribution in [0, 0.1) is 0 Å². The maximum atomic E-state index is 12.4. The van der Waals surface area contributed by atoms with Crippen molar-refractivity contribution in [1.29, 1.82) is 0 Å². The van der Waals surface area contributed by atoms with Crippen LogP contribution in [0.5, 0.6) is 11.5 Å². The van der Waals surface area contributed by atoms with E-state index in [1.807, 2.05) is 30.3 Å². The number of anilines is 3. The number of nitrogens with one attached hydrogen (secondary N) is 1. The molecule has 1 aliphatic rings. The topological polar surface area (TPSA) is 121 Å². The van der Waals surface area contributed by atoms with Crippen molar-refractivity contribution in [3.05, 3.63) is 59.9 Å². The molecule has 0 bridgehead atoms. The van der Waals surface area contributed by atoms with Crippen LogP contribution in [0.2, 0.25) is 0 Å². The molecule has 9 nitrogen and oxygen atoms in total. The Morgan fingerprint density at radius 1 is 1.13 bits per heavy atom. The largest absolute Gasteiger partial charge is 0.485 e. The second-order valence-corrected chi connectivity index (χ2v) is 6.54. The molecule has 3 N–H and O–H groups in total. The molecule has 0 amide bonds. The highest BCUT2D eigenvalue weighted by Crippen LogP contribution is 2.31. The number of aryl methyl sites for hydroxylation is 1. The standard InChI is InChI=1S/C21H21N5O4/c1-2-13-7-3-4-8-14(13)23-21-25-18(24-20(22)26-21)12-29-19(27)17-11-28-15-9-5-6-10-16(15)30-17/h3-10,17H,2,11-12H2,1H3,(H3,22,23,24,25,26)/t17-/m1/s1. The van der Waals surface area contributed by atoms with Gasteiger partial charge in [0.05, 0.1) is 0 Å². The molecule has 0 saturated carbocycles. The summed E-state index contributed by atoms with van der Waals surface area (Å²) in [5, 5.41) is 3.14. The van der Waals surface area contributed by atoms with Gasteiger partial charge in [0, 0.05) is 5.69 Å². The summed E-state index contributed by atoms with van der Waals surface area (Å²) in [4.78, 5) is 24.8. The van der Waals surface area contributed by atoms with E-state index in [2.05, 4.69) is 27.2 Å². The molecular weight excluding hydrogens is 386 g/mol. The molecule has 9 heteroatoms. The lowest BCUT2D eigenvalue weighted by Gasteiger charge is -2.24. The number of hydrogen-bond acceptors (Lipinski definition) is 9. The Balaban J connectivity index is 1.41. The SMILES string of the molecule is CCc1ccccc1Nc1nc(N)nc(COC(=O)[C@H]2COc3ccccc3O2)n1. The van der Waals surface area contributed by atoms with Crippen LogP contribution in [0.3, 0.4) is 0 Å². The van der Waals surface area contributed by atoms with E-state index in [1.54, 1.807) is 18.2 Å². The van der Waals surface area contributed by atoms with Crippen molar-refractivity contribution < 1.29 is 19.0 Å². The first-order chi connectivity index (χ1) is 14.6. The molecule has 1 aliphatic heterocycles. The van der Waals surface area contributed by atoms with Crippen LogP contribution in [0.15, 0.2) is 48.5 Å². The monoisotopic (exact) mass is 407 g/mol. The molecule has 30 heavy (non-hydrogen) atoms. The molecule has 0 spiro atoms. The number of rotatable bonds is 6. The molecule has 154 valence electrons. The first-order valence-corrected chi connectivity index (χ1v) is 9.53. The molecule has 1 aromatic heterocycles. The van der Waals surface area contributed by atoms with Crippen LogP contribution >= 0.6 is 0 Å². The number of carbonyl (C=O) groups is 1. The minimum Gasteiger partial charge on any atom is -0.485 e. The normalized spacial score (nSPS) is 14.8. The van der Waals surface area contributed by atoms with Crippen LogP contribution in [0.1, 0.15) is 18.3 Å². The van der Waals surface area contributed by atoms with Crippen LogP contribution in [0.25, 0.3) is 0 Å². The van der Waals surface area contributed by atoms with E-state index in [1.165, 1.54) is 0 Å². The molecule has 3 aromatic rings. The summed E-state index contributed by atoms with van der Waals surface area (Å²) in [5.41, 5.74) is 7.78. The van der Waals surface area contributed by atoms with E-state index >= 15 is 0 Å². The smallest absolute Gasteiger partial charge is 0.351 e. The zero-order chi connectivity index (χ0) is 20.9. The van der Waals surface area contributed by atoms with Crippen LogP contribution < -0.4 is 20.5 Å². The number of benzene rings is 2. The first-order valence-electron chi connectivity index (χ1n) is 9.53. The third-order valence-corrected chi connectivity index (χ3v) is 4.46. The van der Waals surface area contributed by atoms with Gasteiger partial charge in [0.2, 0.25) is 18.0 Å². The molecule has 1 atom stereocenters. The Kier molecular flexibility index (Phi) is 5.60. The van der Waals surface area contributed by atoms with Gasteiger partial charge in [-0.15, -0.1) is 0 Å². The summed E-state index contributed by atoms with van der Waals surface area (Å²) in [6.07, 6.45) is -0.0195. The van der Waals surface area contributed by atoms with Crippen molar-refractivity contribution in [2.45, 2.75) is 26.1 Å². The van der Waals surface area contributed by atoms with E-state index < -0.39 is 12.1 Å². The predicted molar refractivity (Wildman–Crippen MR) is 109 cm³/mol. The highest BCUT2D eigenvalue weighted by Gasteiger charge is 2.29. The number of aromatic nitrogens is 3. The third kappa shape index (κ3) is 4.40. The number of nitrogen functional groups attached to an aromatic ring is 1. The van der Waals surface area contributed by atoms with E-state index in [4.69, 9.17) is 19.9 Å². The second-order valence-electron chi connectivity index (χ2n) is 6.54. The molecule has 0 unspecified atom stereocenters. The molecule has 0 radical (unpaired) electrons. The van der Waals surface area contributed by atoms with Crippen LogP contribution in [0.4, 0.5) is 17.6 Å². The van der Waals surface area contributed by atoms with E-state index in [9.17, 15) is 4.79 Å². The van der Waals surface area contributed by atoms with Gasteiger partial charge >= 0.3 is 5.97 Å². The van der Waals surface area contributed by atoms with Crippen molar-refractivity contribution in [3.63, 3.8) is 0 Å². The van der Waals surface area contributed by atoms with Gasteiger partial charge in [-0.1, -0.05) is 37.3 Å². The van der Waals surface area contributed by atoms with Crippen LogP contribution in [-0.4, -0.2) is 33.6 Å². The van der Waals surface area contributed by atoms with E-state index in [0.717, 1.165) is 17.7 Å². The van der Waals surface area contributed by atoms with Gasteiger partial charge in [-0.3, -0.25) is 0 Å². The Bertz CT molecular complexity index is 1060. The molecule has 0 aliphatic carbocycles. The first kappa shape index (κ1) is 19.4. The average Bonchev–Trinajstić information content (AvgIpc) is 2.77. The summed E-state index contributed by atoms with van der Waals surface area (Å²) in [5.74, 6) is 1.05. The molecule has 0 saturated heterocycles. The lowest BCUT2D eigenvalue weighted by molar-refractivity contribution is -0.156. The van der Waals surface area contributed by atoms with Crippen LogP contribution in [-0.2, 0) is 22.6 Å². The second kappa shape index (κ2) is 8.64. The number of hydrogen-bond donors (Lipinski definition) is 2. The zero-order valence-corrected chi connectivity index (χ0v) is 16.4. The summed E-state index contributed by atoms with van der Waals surface area (Å²) < 4.78 is 16.5. The minimum absolute atomic E-state index is 0.0266. The van der Waals surface area contributed by atoms with Crippen molar-refractivity contribution in [3.8, 4) is 11.5 Å². The van der Waals surface area contributed by atoms with Crippen molar-refractivity contribution >= 4 is 23.6 Å². The van der Waals surface area contributed by atoms with Gasteiger partial charge in [-0.25, -0.2) is 4.79 Å². The van der Waals surface area contributed by atoms with Gasteiger partial charge in [-0.2, -0.15) is 15.0 Å². The fourth-order valence-corrected chi connectivity index (χ4v) is 2.99. The fraction of sp³-hybridized carbons (Fsp3) is 0.238. The molecule has 2 heterocycles. The van der Waals surface area contributed by atoms with Gasteiger partial charge in [0.15, 0.2) is 23.9 Å². The average molecular weight is 407 g/mol. The van der Waals surface area contributed by atoms with E-state index in [-0.39, 0.29) is 30.9 Å². The number of fused-ring (bicyclic) bond motifs is 1. The molecule has 0 fully saturated rings. The highest BCUT2D eigenvalue weighted by molar-refractivity contribution is 5.76. The van der Waals surface area contributed by atoms with Gasteiger partial charge in [0.1, 0.15) is 6.61 Å². The summed E-state index contributed by atoms with van der Waals surface area (Å²) in [7, 11) is 0. The Morgan fingerprint density at radius 2 is 1.90 bits per heavy atom. The number of ether oxygens (including phenoxy) is 3. The zero-order valence-electron chi connectivity index (χ0n) is 16.4. The number of para-hydroxylation sites is 3. The highest BCUT2D eigenvalue weighted by atomic mass is 16.6. The van der Waals surface area contributed by atoms with Gasteiger partial charge in [-0.05, 0) is 30.2 Å². The Hall–Kier alpha value is -3.88. The van der Waals surface area contributed by atoms with Crippen molar-refractivity contribution in [1.82, 2.24) is 15.0 Å². The maximum Gasteiger partial charge on any atom is 0.351 e. The number of carbonyl (C=O) groups excluding carboxylic acids is 1. The molecular formula is C21H21N5O4. The number of nitrogens with zero attached hydrogens (tertiary/aromatic N) is 3. The predicted octanol–water partition coefficient (Wildman–Crippen LogP) is 2.64. The van der Waals surface area contributed by atoms with E-state index in [0.29, 0.717) is 11.5 Å². The Morgan fingerprint density at radius 3 is 2.73 bits per heavy atom. The summed E-state index contributed by atoms with van der Waals surface area (Å²) in [6, 6.07) is 15.0. The fourth-order valence-electron chi connectivity index (χ4n) is 2.99. The minimum atomic E-state index is -0.867. The summed E-state index contributed by atoms with van der Waals surface area (Å²) >= 11 is 0. The molecule has 4 rings (SSSR count). The summed E-state index contributed by atoms with van der Waals surface area (Å²) in [6.45, 7) is 1.95. The third-order valence-electron chi connectivity index (χ3n) is 4.46. The Labute approximate surface area is 173 Å². The lowest BCUT2D eigenvalue weighted by atomic mass is 10.1. The molecule has 2 aromatic carbocycles. The van der Waals surface area contributed by atoms with Crippen molar-refractivity contribution in [2.75, 3.05) is 17.7 Å². The maximum absolute atomic E-state index is 12.4. The van der Waals surface area contributed by atoms with Gasteiger partial charge < -0.3 is 25.3 Å². The van der Waals surface area contributed by atoms with Gasteiger partial charge in [0.25, 0.3) is 0 Å². The van der Waals surface area contributed by atoms with Crippen molar-refractivity contribution in [2.24, 2.45) is 0 Å². The number of nitrogens with two attached hydrogens (primary N) is 1. The number of esters is 1. The quantitative estimate of drug-likeness (QED) is 0.594. The lowest BCUT2D eigenvalue weighted by Crippen LogP contribution is -2.37.